The molecule has 0 unspecified atom stereocenters. The number of ketones is 1. The number of hydrogen-bond acceptors (Lipinski definition) is 2. The Labute approximate surface area is 66.2 Å². The standard InChI is InChI=1S/C5H10O.C2H6OS/c1-3-5(6)4-2;1-4(2)3/h3-4H2,1-2H3;1-2H3. The second kappa shape index (κ2) is 8.98. The highest BCUT2D eigenvalue weighted by atomic mass is 32.2. The highest BCUT2D eigenvalue weighted by molar-refractivity contribution is 7.89. The van der Waals surface area contributed by atoms with Crippen LogP contribution in [0.4, 0.5) is 0 Å². The van der Waals surface area contributed by atoms with Gasteiger partial charge in [-0.25, -0.2) is 0 Å². The second-order valence-corrected chi connectivity index (χ2v) is 3.47. The summed E-state index contributed by atoms with van der Waals surface area (Å²) in [4.78, 5) is 10.2. The summed E-state index contributed by atoms with van der Waals surface area (Å²) in [6.07, 6.45) is 4.66. The molecule has 0 aliphatic rings. The first-order valence-corrected chi connectivity index (χ1v) is 5.27. The van der Waals surface area contributed by atoms with Crippen molar-refractivity contribution in [3.63, 3.8) is 0 Å². The van der Waals surface area contributed by atoms with E-state index in [1.807, 2.05) is 13.8 Å². The molecule has 0 aromatic carbocycles. The van der Waals surface area contributed by atoms with Crippen LogP contribution in [0.1, 0.15) is 26.7 Å². The zero-order valence-electron chi connectivity index (χ0n) is 7.14. The highest BCUT2D eigenvalue weighted by Crippen LogP contribution is 1.83. The molecule has 0 radical (unpaired) electrons. The van der Waals surface area contributed by atoms with Gasteiger partial charge >= 0.3 is 0 Å². The van der Waals surface area contributed by atoms with Crippen molar-refractivity contribution in [1.29, 1.82) is 0 Å². The molecule has 0 amide bonds. The molecule has 0 saturated heterocycles. The van der Waals surface area contributed by atoms with Crippen molar-refractivity contribution < 1.29 is 9.35 Å². The second-order valence-electron chi connectivity index (χ2n) is 1.99. The van der Waals surface area contributed by atoms with E-state index in [0.717, 1.165) is 0 Å². The van der Waals surface area contributed by atoms with Gasteiger partial charge in [-0.2, -0.15) is 0 Å². The van der Waals surface area contributed by atoms with Crippen LogP contribution in [-0.4, -0.2) is 22.8 Å². The molecule has 0 bridgehead atoms. The van der Waals surface area contributed by atoms with Gasteiger partial charge in [0.25, 0.3) is 0 Å². The average Bonchev–Trinajstić information content (AvgIpc) is 1.85. The lowest BCUT2D eigenvalue weighted by atomic mass is 10.3. The van der Waals surface area contributed by atoms with E-state index >= 15 is 0 Å². The Kier molecular flexibility index (Phi) is 11.3. The van der Waals surface area contributed by atoms with E-state index in [4.69, 9.17) is 0 Å². The molecule has 0 aliphatic heterocycles. The Bertz CT molecular complexity index is 72.9. The smallest absolute Gasteiger partial charge is 0.132 e. The third-order valence-corrected chi connectivity index (χ3v) is 0.789. The first-order valence-electron chi connectivity index (χ1n) is 3.31. The lowest BCUT2D eigenvalue weighted by Gasteiger charge is -1.87. The fraction of sp³-hybridized carbons (Fsp3) is 0.857. The molecule has 0 fully saturated rings. The van der Waals surface area contributed by atoms with E-state index in [2.05, 4.69) is 0 Å². The summed E-state index contributed by atoms with van der Waals surface area (Å²) in [6, 6.07) is 0. The molecule has 2 nitrogen and oxygen atoms in total. The van der Waals surface area contributed by atoms with Crippen LogP contribution in [0.3, 0.4) is 0 Å². The van der Waals surface area contributed by atoms with Crippen LogP contribution in [0.5, 0.6) is 0 Å². The van der Waals surface area contributed by atoms with Gasteiger partial charge < -0.3 is 4.55 Å². The number of carbonyl (C=O) groups excluding carboxylic acids is 1. The van der Waals surface area contributed by atoms with Crippen LogP contribution in [0.15, 0.2) is 0 Å². The summed E-state index contributed by atoms with van der Waals surface area (Å²) in [7, 11) is 0. The Hall–Kier alpha value is -0.0200. The first-order chi connectivity index (χ1) is 4.54. The maximum atomic E-state index is 10.2. The van der Waals surface area contributed by atoms with E-state index in [-0.39, 0.29) is 0 Å². The zero-order chi connectivity index (χ0) is 8.57. The van der Waals surface area contributed by atoms with Crippen molar-refractivity contribution >= 4 is 17.0 Å². The number of rotatable bonds is 2. The molecule has 10 heavy (non-hydrogen) atoms. The topological polar surface area (TPSA) is 40.1 Å². The van der Waals surface area contributed by atoms with E-state index < -0.39 is 11.2 Å². The Morgan fingerprint density at radius 1 is 1.30 bits per heavy atom. The molecule has 62 valence electrons. The molecule has 3 heteroatoms. The van der Waals surface area contributed by atoms with Crippen LogP contribution >= 0.6 is 0 Å². The van der Waals surface area contributed by atoms with Crippen LogP contribution in [0.2, 0.25) is 0 Å². The Morgan fingerprint density at radius 3 is 1.50 bits per heavy atom. The van der Waals surface area contributed by atoms with E-state index in [9.17, 15) is 9.35 Å². The number of carbonyl (C=O) groups is 1. The first kappa shape index (κ1) is 12.6. The van der Waals surface area contributed by atoms with Gasteiger partial charge in [0.05, 0.1) is 12.5 Å². The summed E-state index contributed by atoms with van der Waals surface area (Å²) < 4.78 is 9.56. The van der Waals surface area contributed by atoms with Gasteiger partial charge in [-0.3, -0.25) is 4.79 Å². The molecule has 0 rings (SSSR count). The summed E-state index contributed by atoms with van der Waals surface area (Å²) in [5.41, 5.74) is 0. The lowest BCUT2D eigenvalue weighted by Crippen LogP contribution is -1.88. The number of hydrogen-bond donors (Lipinski definition) is 0. The fourth-order valence-corrected chi connectivity index (χ4v) is 0.250. The summed E-state index contributed by atoms with van der Waals surface area (Å²) in [6.45, 7) is 3.76. The third-order valence-electron chi connectivity index (χ3n) is 0.789. The third kappa shape index (κ3) is 24.5. The predicted octanol–water partition coefficient (Wildman–Crippen LogP) is 1.37. The molecule has 0 aliphatic carbocycles. The molecule has 0 heterocycles. The number of Topliss-reactive ketones (excluding diaryl/α,β-unsaturated/α-hetero) is 1. The van der Waals surface area contributed by atoms with Gasteiger partial charge in [-0.05, 0) is 0 Å². The summed E-state index contributed by atoms with van der Waals surface area (Å²) >= 11 is -0.611. The van der Waals surface area contributed by atoms with E-state index in [1.165, 1.54) is 0 Å². The van der Waals surface area contributed by atoms with Gasteiger partial charge in [0.2, 0.25) is 0 Å². The minimum atomic E-state index is -0.611. The van der Waals surface area contributed by atoms with Crippen molar-refractivity contribution in [3.8, 4) is 0 Å². The van der Waals surface area contributed by atoms with Crippen molar-refractivity contribution in [1.82, 2.24) is 0 Å². The van der Waals surface area contributed by atoms with Gasteiger partial charge in [0, 0.05) is 12.8 Å². The minimum absolute atomic E-state index is 0.343. The van der Waals surface area contributed by atoms with Crippen LogP contribution in [0, 0.1) is 0 Å². The molecule has 0 N–H and O–H groups in total. The largest absolute Gasteiger partial charge is 0.617 e. The zero-order valence-corrected chi connectivity index (χ0v) is 7.96. The predicted molar refractivity (Wildman–Crippen MR) is 45.6 cm³/mol. The van der Waals surface area contributed by atoms with E-state index in [1.54, 1.807) is 12.5 Å². The molecular formula is C7H16O2S. The summed E-state index contributed by atoms with van der Waals surface area (Å²) in [5, 5.41) is 0. The average molecular weight is 164 g/mol. The summed E-state index contributed by atoms with van der Waals surface area (Å²) in [5.74, 6) is 0.343. The van der Waals surface area contributed by atoms with Gasteiger partial charge in [-0.15, -0.1) is 0 Å². The molecule has 0 spiro atoms. The van der Waals surface area contributed by atoms with Crippen molar-refractivity contribution in [2.24, 2.45) is 0 Å². The van der Waals surface area contributed by atoms with Crippen LogP contribution in [0.25, 0.3) is 0 Å². The van der Waals surface area contributed by atoms with Gasteiger partial charge in [0.1, 0.15) is 5.78 Å². The fourth-order valence-electron chi connectivity index (χ4n) is 0.250. The lowest BCUT2D eigenvalue weighted by molar-refractivity contribution is -0.118. The molecule has 0 saturated carbocycles. The van der Waals surface area contributed by atoms with Gasteiger partial charge in [0.15, 0.2) is 0 Å². The maximum absolute atomic E-state index is 10.2. The van der Waals surface area contributed by atoms with Crippen LogP contribution < -0.4 is 0 Å². The van der Waals surface area contributed by atoms with Crippen molar-refractivity contribution in [3.05, 3.63) is 0 Å². The maximum Gasteiger partial charge on any atom is 0.132 e. The van der Waals surface area contributed by atoms with Crippen LogP contribution in [-0.2, 0) is 16.0 Å². The Balaban J connectivity index is 0. The molecular weight excluding hydrogens is 148 g/mol. The Morgan fingerprint density at radius 2 is 1.50 bits per heavy atom. The quantitative estimate of drug-likeness (QED) is 0.578. The van der Waals surface area contributed by atoms with Crippen molar-refractivity contribution in [2.75, 3.05) is 12.5 Å². The van der Waals surface area contributed by atoms with Gasteiger partial charge in [-0.1, -0.05) is 25.0 Å². The SMILES string of the molecule is CCC(=O)CC.C[S+](C)[O-]. The molecule has 0 atom stereocenters. The minimum Gasteiger partial charge on any atom is -0.617 e. The molecule has 0 aromatic rings. The highest BCUT2D eigenvalue weighted by Gasteiger charge is 1.86. The van der Waals surface area contributed by atoms with Crippen molar-refractivity contribution in [2.45, 2.75) is 26.7 Å². The normalized spacial score (nSPS) is 8.60. The van der Waals surface area contributed by atoms with E-state index in [0.29, 0.717) is 18.6 Å². The monoisotopic (exact) mass is 164 g/mol. The molecule has 0 aromatic heterocycles.